The molecule has 0 saturated carbocycles. The highest BCUT2D eigenvalue weighted by Crippen LogP contribution is 2.25. The van der Waals surface area contributed by atoms with Crippen LogP contribution in [0.5, 0.6) is 11.5 Å². The molecule has 8 nitrogen and oxygen atoms in total. The number of nitrogens with two attached hydrogens (primary N) is 1. The minimum Gasteiger partial charge on any atom is -0.493 e. The molecule has 0 bridgehead atoms. The summed E-state index contributed by atoms with van der Waals surface area (Å²) in [6.07, 6.45) is -1.16. The van der Waals surface area contributed by atoms with Gasteiger partial charge in [0, 0.05) is 0 Å². The van der Waals surface area contributed by atoms with Crippen LogP contribution in [0.2, 0.25) is 0 Å². The van der Waals surface area contributed by atoms with Gasteiger partial charge in [-0.3, -0.25) is 10.1 Å². The van der Waals surface area contributed by atoms with Crippen LogP contribution in [0, 0.1) is 0 Å². The number of rotatable bonds is 6. The molecular weight excluding hydrogens is 280 g/mol. The number of carbonyl (C=O) groups excluding carboxylic acids is 3. The summed E-state index contributed by atoms with van der Waals surface area (Å²) in [6.45, 7) is 0.897. The Labute approximate surface area is 121 Å². The maximum absolute atomic E-state index is 11.5. The van der Waals surface area contributed by atoms with Gasteiger partial charge in [0.2, 0.25) is 0 Å². The standard InChI is InChI=1S/C13H16N2O6/c1-8(12(17)15-13(14)18)21-11(16)7-20-10-6-4-3-5-9(10)19-2/h3-6,8H,7H2,1-2H3,(H3,14,15,17,18)/t8-/m1/s1. The third-order valence-corrected chi connectivity index (χ3v) is 2.34. The number of primary amides is 1. The van der Waals surface area contributed by atoms with Crippen molar-refractivity contribution >= 4 is 17.9 Å². The van der Waals surface area contributed by atoms with Gasteiger partial charge < -0.3 is 19.9 Å². The van der Waals surface area contributed by atoms with Gasteiger partial charge in [0.25, 0.3) is 5.91 Å². The van der Waals surface area contributed by atoms with Crippen molar-refractivity contribution in [2.24, 2.45) is 5.73 Å². The minimum atomic E-state index is -1.16. The average Bonchev–Trinajstić information content (AvgIpc) is 2.44. The van der Waals surface area contributed by atoms with E-state index >= 15 is 0 Å². The Hall–Kier alpha value is -2.77. The molecule has 1 aromatic rings. The lowest BCUT2D eigenvalue weighted by molar-refractivity contribution is -0.156. The number of carbonyl (C=O) groups is 3. The first-order valence-electron chi connectivity index (χ1n) is 5.99. The molecule has 0 heterocycles. The fraction of sp³-hybridized carbons (Fsp3) is 0.308. The van der Waals surface area contributed by atoms with Crippen LogP contribution in [0.25, 0.3) is 0 Å². The highest BCUT2D eigenvalue weighted by Gasteiger charge is 2.19. The Morgan fingerprint density at radius 2 is 1.86 bits per heavy atom. The number of esters is 1. The van der Waals surface area contributed by atoms with Crippen molar-refractivity contribution in [1.29, 1.82) is 0 Å². The zero-order valence-corrected chi connectivity index (χ0v) is 11.6. The molecule has 1 rings (SSSR count). The first kappa shape index (κ1) is 16.3. The van der Waals surface area contributed by atoms with Gasteiger partial charge in [-0.1, -0.05) is 12.1 Å². The molecule has 0 fully saturated rings. The van der Waals surface area contributed by atoms with E-state index in [1.54, 1.807) is 29.6 Å². The number of methoxy groups -OCH3 is 1. The molecule has 3 amide bonds. The maximum atomic E-state index is 11.5. The lowest BCUT2D eigenvalue weighted by atomic mass is 10.3. The molecule has 0 aromatic heterocycles. The second-order valence-corrected chi connectivity index (χ2v) is 3.93. The second-order valence-electron chi connectivity index (χ2n) is 3.93. The lowest BCUT2D eigenvalue weighted by Crippen LogP contribution is -2.42. The number of amides is 3. The molecular formula is C13H16N2O6. The zero-order chi connectivity index (χ0) is 15.8. The van der Waals surface area contributed by atoms with Crippen molar-refractivity contribution in [2.75, 3.05) is 13.7 Å². The number of benzene rings is 1. The summed E-state index contributed by atoms with van der Waals surface area (Å²) in [6, 6.07) is 5.74. The topological polar surface area (TPSA) is 117 Å². The van der Waals surface area contributed by atoms with Gasteiger partial charge in [-0.05, 0) is 19.1 Å². The van der Waals surface area contributed by atoms with Crippen LogP contribution in [0.3, 0.4) is 0 Å². The van der Waals surface area contributed by atoms with Gasteiger partial charge in [0.1, 0.15) is 0 Å². The SMILES string of the molecule is COc1ccccc1OCC(=O)O[C@H](C)C(=O)NC(N)=O. The van der Waals surface area contributed by atoms with Crippen molar-refractivity contribution < 1.29 is 28.6 Å². The number of hydrogen-bond donors (Lipinski definition) is 2. The Balaban J connectivity index is 2.47. The van der Waals surface area contributed by atoms with E-state index < -0.39 is 30.6 Å². The van der Waals surface area contributed by atoms with Crippen molar-refractivity contribution in [3.05, 3.63) is 24.3 Å². The minimum absolute atomic E-state index is 0.367. The normalized spacial score (nSPS) is 11.1. The summed E-state index contributed by atoms with van der Waals surface area (Å²) in [5.41, 5.74) is 4.78. The molecule has 0 aliphatic heterocycles. The van der Waals surface area contributed by atoms with Crippen LogP contribution in [-0.4, -0.2) is 37.7 Å². The number of urea groups is 1. The summed E-state index contributed by atoms with van der Waals surface area (Å²) < 4.78 is 15.1. The van der Waals surface area contributed by atoms with Gasteiger partial charge in [-0.2, -0.15) is 0 Å². The van der Waals surface area contributed by atoms with E-state index in [1.807, 2.05) is 0 Å². The summed E-state index contributed by atoms with van der Waals surface area (Å²) in [7, 11) is 1.47. The summed E-state index contributed by atoms with van der Waals surface area (Å²) in [4.78, 5) is 33.3. The number of ether oxygens (including phenoxy) is 3. The molecule has 0 radical (unpaired) electrons. The molecule has 1 aromatic carbocycles. The first-order chi connectivity index (χ1) is 9.93. The monoisotopic (exact) mass is 296 g/mol. The molecule has 21 heavy (non-hydrogen) atoms. The highest BCUT2D eigenvalue weighted by molar-refractivity contribution is 5.96. The van der Waals surface area contributed by atoms with Crippen LogP contribution < -0.4 is 20.5 Å². The van der Waals surface area contributed by atoms with Crippen LogP contribution in [0.15, 0.2) is 24.3 Å². The predicted molar refractivity (Wildman–Crippen MR) is 71.8 cm³/mol. The molecule has 0 unspecified atom stereocenters. The summed E-state index contributed by atoms with van der Waals surface area (Å²) in [5.74, 6) is -0.753. The Bertz CT molecular complexity index is 531. The van der Waals surface area contributed by atoms with E-state index in [-0.39, 0.29) is 0 Å². The van der Waals surface area contributed by atoms with Crippen LogP contribution >= 0.6 is 0 Å². The van der Waals surface area contributed by atoms with Gasteiger partial charge in [0.05, 0.1) is 7.11 Å². The third-order valence-electron chi connectivity index (χ3n) is 2.34. The number of hydrogen-bond acceptors (Lipinski definition) is 6. The molecule has 0 spiro atoms. The third kappa shape index (κ3) is 5.39. The van der Waals surface area contributed by atoms with Gasteiger partial charge >= 0.3 is 12.0 Å². The van der Waals surface area contributed by atoms with Crippen LogP contribution in [0.1, 0.15) is 6.92 Å². The molecule has 8 heteroatoms. The van der Waals surface area contributed by atoms with Crippen molar-refractivity contribution in [2.45, 2.75) is 13.0 Å². The average molecular weight is 296 g/mol. The molecule has 0 aliphatic carbocycles. The van der Waals surface area contributed by atoms with E-state index in [9.17, 15) is 14.4 Å². The molecule has 1 atom stereocenters. The Morgan fingerprint density at radius 1 is 1.24 bits per heavy atom. The fourth-order valence-corrected chi connectivity index (χ4v) is 1.38. The van der Waals surface area contributed by atoms with Crippen molar-refractivity contribution in [3.8, 4) is 11.5 Å². The number of para-hydroxylation sites is 2. The quantitative estimate of drug-likeness (QED) is 0.724. The van der Waals surface area contributed by atoms with E-state index in [4.69, 9.17) is 19.9 Å². The first-order valence-corrected chi connectivity index (χ1v) is 5.99. The lowest BCUT2D eigenvalue weighted by Gasteiger charge is -2.13. The second kappa shape index (κ2) is 7.73. The van der Waals surface area contributed by atoms with E-state index in [2.05, 4.69) is 0 Å². The van der Waals surface area contributed by atoms with Crippen LogP contribution in [0.4, 0.5) is 4.79 Å². The van der Waals surface area contributed by atoms with E-state index in [0.717, 1.165) is 0 Å². The predicted octanol–water partition coefficient (Wildman–Crippen LogP) is 0.201. The van der Waals surface area contributed by atoms with E-state index in [1.165, 1.54) is 14.0 Å². The van der Waals surface area contributed by atoms with Crippen molar-refractivity contribution in [3.63, 3.8) is 0 Å². The maximum Gasteiger partial charge on any atom is 0.344 e. The highest BCUT2D eigenvalue weighted by atomic mass is 16.6. The van der Waals surface area contributed by atoms with Crippen molar-refractivity contribution in [1.82, 2.24) is 5.32 Å². The molecule has 3 N–H and O–H groups in total. The van der Waals surface area contributed by atoms with Gasteiger partial charge in [0.15, 0.2) is 24.2 Å². The Morgan fingerprint density at radius 3 is 2.43 bits per heavy atom. The van der Waals surface area contributed by atoms with E-state index in [0.29, 0.717) is 11.5 Å². The largest absolute Gasteiger partial charge is 0.493 e. The summed E-state index contributed by atoms with van der Waals surface area (Å²) >= 11 is 0. The van der Waals surface area contributed by atoms with Gasteiger partial charge in [-0.25, -0.2) is 9.59 Å². The molecule has 0 aliphatic rings. The number of nitrogens with one attached hydrogen (secondary N) is 1. The summed E-state index contributed by atoms with van der Waals surface area (Å²) in [5, 5.41) is 1.80. The smallest absolute Gasteiger partial charge is 0.344 e. The fourth-order valence-electron chi connectivity index (χ4n) is 1.38. The zero-order valence-electron chi connectivity index (χ0n) is 11.6. The Kier molecular flexibility index (Phi) is 5.99. The molecule has 114 valence electrons. The number of imide groups is 1. The van der Waals surface area contributed by atoms with Gasteiger partial charge in [-0.15, -0.1) is 0 Å². The molecule has 0 saturated heterocycles. The van der Waals surface area contributed by atoms with Crippen LogP contribution in [-0.2, 0) is 14.3 Å².